The molecule has 164 valence electrons. The number of aromatic nitrogens is 2. The van der Waals surface area contributed by atoms with Crippen LogP contribution in [0.1, 0.15) is 20.7 Å². The smallest absolute Gasteiger partial charge is 0.294 e. The highest BCUT2D eigenvalue weighted by Crippen LogP contribution is 2.25. The largest absolute Gasteiger partial charge is 0.335 e. The van der Waals surface area contributed by atoms with E-state index in [0.717, 1.165) is 12.1 Å². The summed E-state index contributed by atoms with van der Waals surface area (Å²) in [4.78, 5) is 43.2. The average Bonchev–Trinajstić information content (AvgIpc) is 3.34. The molecular weight excluding hydrogens is 424 g/mol. The second-order valence-corrected chi connectivity index (χ2v) is 7.14. The van der Waals surface area contributed by atoms with Crippen molar-refractivity contribution in [1.29, 1.82) is 0 Å². The van der Waals surface area contributed by atoms with E-state index in [1.807, 2.05) is 0 Å². The highest BCUT2D eigenvalue weighted by atomic mass is 19.2. The Bertz CT molecular complexity index is 1190. The van der Waals surface area contributed by atoms with Crippen LogP contribution in [0.4, 0.5) is 14.5 Å². The van der Waals surface area contributed by atoms with Crippen molar-refractivity contribution in [3.05, 3.63) is 88.0 Å². The second-order valence-electron chi connectivity index (χ2n) is 7.14. The molecule has 0 aliphatic carbocycles. The van der Waals surface area contributed by atoms with E-state index < -0.39 is 28.4 Å². The molecule has 1 aliphatic rings. The Kier molecular flexibility index (Phi) is 5.63. The highest BCUT2D eigenvalue weighted by Gasteiger charge is 2.27. The molecule has 32 heavy (non-hydrogen) atoms. The number of hydrogen-bond donors (Lipinski definition) is 0. The van der Waals surface area contributed by atoms with E-state index in [1.165, 1.54) is 51.2 Å². The molecule has 3 aromatic rings. The minimum absolute atomic E-state index is 0.0226. The Labute approximate surface area is 180 Å². The summed E-state index contributed by atoms with van der Waals surface area (Å²) in [6, 6.07) is 7.15. The van der Waals surface area contributed by atoms with Gasteiger partial charge >= 0.3 is 0 Å². The first kappa shape index (κ1) is 21.1. The van der Waals surface area contributed by atoms with E-state index in [0.29, 0.717) is 0 Å². The number of nitro benzene ring substituents is 1. The van der Waals surface area contributed by atoms with E-state index in [9.17, 15) is 28.5 Å². The fourth-order valence-corrected chi connectivity index (χ4v) is 3.53. The van der Waals surface area contributed by atoms with Crippen molar-refractivity contribution in [3.63, 3.8) is 0 Å². The third-order valence-electron chi connectivity index (χ3n) is 5.22. The standard InChI is InChI=1S/C21H17F2N5O4/c22-16-3-1-14(11-17(16)23)20(29)25-7-9-26(10-8-25)21(30)15-2-4-18(19(12-15)28(31)32)27-6-5-24-13-27/h1-6,11-13H,7-10H2. The fraction of sp³-hybridized carbons (Fsp3) is 0.190. The number of nitrogens with zero attached hydrogens (tertiary/aromatic N) is 5. The van der Waals surface area contributed by atoms with Crippen LogP contribution in [-0.2, 0) is 0 Å². The van der Waals surface area contributed by atoms with E-state index in [4.69, 9.17) is 0 Å². The Morgan fingerprint density at radius 1 is 0.906 bits per heavy atom. The van der Waals surface area contributed by atoms with Crippen LogP contribution in [0.25, 0.3) is 5.69 Å². The Balaban J connectivity index is 1.46. The van der Waals surface area contributed by atoms with E-state index in [2.05, 4.69) is 4.98 Å². The minimum Gasteiger partial charge on any atom is -0.335 e. The molecule has 9 nitrogen and oxygen atoms in total. The summed E-state index contributed by atoms with van der Waals surface area (Å²) < 4.78 is 28.0. The van der Waals surface area contributed by atoms with Gasteiger partial charge in [0, 0.05) is 55.8 Å². The third-order valence-corrected chi connectivity index (χ3v) is 5.22. The molecule has 11 heteroatoms. The van der Waals surface area contributed by atoms with Crippen molar-refractivity contribution < 1.29 is 23.3 Å². The van der Waals surface area contributed by atoms with Crippen molar-refractivity contribution in [2.75, 3.05) is 26.2 Å². The van der Waals surface area contributed by atoms with Crippen LogP contribution in [0.3, 0.4) is 0 Å². The zero-order valence-electron chi connectivity index (χ0n) is 16.6. The number of nitro groups is 1. The lowest BCUT2D eigenvalue weighted by molar-refractivity contribution is -0.384. The second kappa shape index (κ2) is 8.53. The van der Waals surface area contributed by atoms with E-state index in [-0.39, 0.29) is 48.7 Å². The number of halogens is 2. The number of piperazine rings is 1. The van der Waals surface area contributed by atoms with Crippen LogP contribution in [-0.4, -0.2) is 62.3 Å². The maximum atomic E-state index is 13.4. The summed E-state index contributed by atoms with van der Waals surface area (Å²) in [7, 11) is 0. The van der Waals surface area contributed by atoms with Crippen molar-refractivity contribution in [2.45, 2.75) is 0 Å². The maximum absolute atomic E-state index is 13.4. The van der Waals surface area contributed by atoms with Gasteiger partial charge in [0.25, 0.3) is 17.5 Å². The molecule has 1 saturated heterocycles. The zero-order valence-corrected chi connectivity index (χ0v) is 16.6. The summed E-state index contributed by atoms with van der Waals surface area (Å²) in [5.41, 5.74) is 0.224. The van der Waals surface area contributed by atoms with Crippen LogP contribution in [0.15, 0.2) is 55.1 Å². The molecule has 2 amide bonds. The van der Waals surface area contributed by atoms with Gasteiger partial charge in [-0.2, -0.15) is 0 Å². The Morgan fingerprint density at radius 3 is 2.03 bits per heavy atom. The summed E-state index contributed by atoms with van der Waals surface area (Å²) >= 11 is 0. The SMILES string of the molecule is O=C(c1ccc(F)c(F)c1)N1CCN(C(=O)c2ccc(-n3ccnc3)c([N+](=O)[O-])c2)CC1. The third kappa shape index (κ3) is 4.04. The first-order valence-electron chi connectivity index (χ1n) is 9.65. The average molecular weight is 441 g/mol. The molecule has 0 spiro atoms. The van der Waals surface area contributed by atoms with Crippen LogP contribution < -0.4 is 0 Å². The molecule has 2 aromatic carbocycles. The lowest BCUT2D eigenvalue weighted by atomic mass is 10.1. The monoisotopic (exact) mass is 441 g/mol. The maximum Gasteiger partial charge on any atom is 0.294 e. The molecule has 0 unspecified atom stereocenters. The van der Waals surface area contributed by atoms with Gasteiger partial charge < -0.3 is 14.4 Å². The zero-order chi connectivity index (χ0) is 22.8. The summed E-state index contributed by atoms with van der Waals surface area (Å²) in [5, 5.41) is 11.5. The Morgan fingerprint density at radius 2 is 1.50 bits per heavy atom. The van der Waals surface area contributed by atoms with Crippen LogP contribution in [0.2, 0.25) is 0 Å². The number of amides is 2. The molecule has 1 aromatic heterocycles. The first-order chi connectivity index (χ1) is 15.3. The first-order valence-corrected chi connectivity index (χ1v) is 9.65. The van der Waals surface area contributed by atoms with Gasteiger partial charge in [-0.25, -0.2) is 13.8 Å². The highest BCUT2D eigenvalue weighted by molar-refractivity contribution is 5.96. The molecule has 1 fully saturated rings. The molecule has 4 rings (SSSR count). The van der Waals surface area contributed by atoms with Crippen LogP contribution in [0, 0.1) is 21.7 Å². The molecule has 0 saturated carbocycles. The number of carbonyl (C=O) groups excluding carboxylic acids is 2. The predicted octanol–water partition coefficient (Wildman–Crippen LogP) is 2.66. The summed E-state index contributed by atoms with van der Waals surface area (Å²) in [5.74, 6) is -3.00. The van der Waals surface area contributed by atoms with Gasteiger partial charge in [0.2, 0.25) is 0 Å². The lowest BCUT2D eigenvalue weighted by Crippen LogP contribution is -2.50. The van der Waals surface area contributed by atoms with Gasteiger partial charge in [0.15, 0.2) is 11.6 Å². The predicted molar refractivity (Wildman–Crippen MR) is 108 cm³/mol. The Hall–Kier alpha value is -4.15. The van der Waals surface area contributed by atoms with Crippen molar-refractivity contribution in [1.82, 2.24) is 19.4 Å². The number of benzene rings is 2. The van der Waals surface area contributed by atoms with E-state index in [1.54, 1.807) is 6.20 Å². The van der Waals surface area contributed by atoms with Gasteiger partial charge in [0.1, 0.15) is 5.69 Å². The molecule has 0 N–H and O–H groups in total. The van der Waals surface area contributed by atoms with Crippen LogP contribution >= 0.6 is 0 Å². The van der Waals surface area contributed by atoms with Crippen molar-refractivity contribution in [3.8, 4) is 5.69 Å². The van der Waals surface area contributed by atoms with Crippen LogP contribution in [0.5, 0.6) is 0 Å². The minimum atomic E-state index is -1.11. The number of carbonyl (C=O) groups is 2. The quantitative estimate of drug-likeness (QED) is 0.458. The van der Waals surface area contributed by atoms with Gasteiger partial charge in [-0.15, -0.1) is 0 Å². The fourth-order valence-electron chi connectivity index (χ4n) is 3.53. The van der Waals surface area contributed by atoms with Gasteiger partial charge in [0.05, 0.1) is 11.3 Å². The number of rotatable bonds is 4. The van der Waals surface area contributed by atoms with E-state index >= 15 is 0 Å². The lowest BCUT2D eigenvalue weighted by Gasteiger charge is -2.34. The molecule has 2 heterocycles. The topological polar surface area (TPSA) is 102 Å². The van der Waals surface area contributed by atoms with Gasteiger partial charge in [-0.1, -0.05) is 0 Å². The number of imidazole rings is 1. The molecule has 0 radical (unpaired) electrons. The van der Waals surface area contributed by atoms with Crippen molar-refractivity contribution in [2.24, 2.45) is 0 Å². The van der Waals surface area contributed by atoms with Gasteiger partial charge in [-0.3, -0.25) is 19.7 Å². The number of hydrogen-bond acceptors (Lipinski definition) is 5. The molecule has 1 aliphatic heterocycles. The summed E-state index contributed by atoms with van der Waals surface area (Å²) in [6.07, 6.45) is 4.48. The van der Waals surface area contributed by atoms with Gasteiger partial charge in [-0.05, 0) is 30.3 Å². The molecular formula is C21H17F2N5O4. The summed E-state index contributed by atoms with van der Waals surface area (Å²) in [6.45, 7) is 0.786. The van der Waals surface area contributed by atoms with Crippen molar-refractivity contribution >= 4 is 17.5 Å². The normalized spacial score (nSPS) is 13.8. The molecule has 0 bridgehead atoms. The molecule has 0 atom stereocenters.